The minimum absolute atomic E-state index is 0.0257. The van der Waals surface area contributed by atoms with Crippen molar-refractivity contribution in [2.24, 2.45) is 0 Å². The van der Waals surface area contributed by atoms with Crippen LogP contribution in [0.2, 0.25) is 0 Å². The van der Waals surface area contributed by atoms with E-state index in [1.165, 1.54) is 6.07 Å². The number of hydrogen-bond acceptors (Lipinski definition) is 3. The van der Waals surface area contributed by atoms with E-state index in [1.807, 2.05) is 31.2 Å². The lowest BCUT2D eigenvalue weighted by Gasteiger charge is -2.17. The molecule has 2 aromatic carbocycles. The van der Waals surface area contributed by atoms with Crippen molar-refractivity contribution in [2.45, 2.75) is 19.6 Å². The summed E-state index contributed by atoms with van der Waals surface area (Å²) in [6, 6.07) is 14.2. The van der Waals surface area contributed by atoms with Crippen LogP contribution >= 0.6 is 0 Å². The molecular formula is C16H17F2NO2. The number of alkyl halides is 2. The first-order chi connectivity index (χ1) is 10.1. The van der Waals surface area contributed by atoms with Crippen molar-refractivity contribution in [1.29, 1.82) is 0 Å². The minimum Gasteiger partial charge on any atom is -0.497 e. The largest absolute Gasteiger partial charge is 0.497 e. The van der Waals surface area contributed by atoms with Crippen LogP contribution in [0.5, 0.6) is 11.5 Å². The van der Waals surface area contributed by atoms with Crippen LogP contribution < -0.4 is 14.8 Å². The Morgan fingerprint density at radius 2 is 1.71 bits per heavy atom. The number of anilines is 1. The molecule has 0 amide bonds. The van der Waals surface area contributed by atoms with E-state index in [1.54, 1.807) is 25.3 Å². The molecule has 21 heavy (non-hydrogen) atoms. The first-order valence-corrected chi connectivity index (χ1v) is 6.54. The molecule has 0 saturated carbocycles. The normalized spacial score (nSPS) is 12.0. The van der Waals surface area contributed by atoms with E-state index >= 15 is 0 Å². The van der Waals surface area contributed by atoms with Gasteiger partial charge in [-0.2, -0.15) is 8.78 Å². The molecule has 1 atom stereocenters. The maximum absolute atomic E-state index is 12.2. The molecule has 0 radical (unpaired) electrons. The van der Waals surface area contributed by atoms with Gasteiger partial charge in [0.1, 0.15) is 11.5 Å². The van der Waals surface area contributed by atoms with Gasteiger partial charge in [-0.05, 0) is 36.8 Å². The average molecular weight is 293 g/mol. The number of ether oxygens (including phenoxy) is 2. The van der Waals surface area contributed by atoms with Crippen molar-refractivity contribution in [2.75, 3.05) is 12.4 Å². The molecule has 0 fully saturated rings. The minimum atomic E-state index is -2.82. The fraction of sp³-hybridized carbons (Fsp3) is 0.250. The zero-order valence-electron chi connectivity index (χ0n) is 11.8. The summed E-state index contributed by atoms with van der Waals surface area (Å²) in [7, 11) is 1.62. The fourth-order valence-corrected chi connectivity index (χ4v) is 1.99. The maximum atomic E-state index is 12.2. The molecule has 0 aliphatic heterocycles. The molecular weight excluding hydrogens is 276 g/mol. The van der Waals surface area contributed by atoms with Gasteiger partial charge in [-0.25, -0.2) is 0 Å². The third kappa shape index (κ3) is 4.34. The van der Waals surface area contributed by atoms with Gasteiger partial charge in [0, 0.05) is 17.8 Å². The molecule has 1 N–H and O–H groups in total. The highest BCUT2D eigenvalue weighted by Crippen LogP contribution is 2.24. The Kier molecular flexibility index (Phi) is 4.98. The van der Waals surface area contributed by atoms with E-state index < -0.39 is 6.61 Å². The second-order valence-corrected chi connectivity index (χ2v) is 4.55. The topological polar surface area (TPSA) is 30.5 Å². The lowest BCUT2D eigenvalue weighted by molar-refractivity contribution is -0.0498. The Labute approximate surface area is 122 Å². The average Bonchev–Trinajstić information content (AvgIpc) is 2.47. The van der Waals surface area contributed by atoms with Gasteiger partial charge in [-0.3, -0.25) is 0 Å². The quantitative estimate of drug-likeness (QED) is 0.852. The van der Waals surface area contributed by atoms with E-state index in [0.717, 1.165) is 17.0 Å². The van der Waals surface area contributed by atoms with Crippen molar-refractivity contribution in [3.63, 3.8) is 0 Å². The number of halogens is 2. The SMILES string of the molecule is COc1ccc(C(C)Nc2cccc(OC(F)F)c2)cc1. The van der Waals surface area contributed by atoms with Gasteiger partial charge in [0.05, 0.1) is 7.11 Å². The molecule has 3 nitrogen and oxygen atoms in total. The van der Waals surface area contributed by atoms with Gasteiger partial charge >= 0.3 is 6.61 Å². The van der Waals surface area contributed by atoms with Crippen molar-refractivity contribution in [3.8, 4) is 11.5 Å². The van der Waals surface area contributed by atoms with E-state index in [9.17, 15) is 8.78 Å². The summed E-state index contributed by atoms with van der Waals surface area (Å²) < 4.78 is 33.9. The molecule has 5 heteroatoms. The standard InChI is InChI=1S/C16H17F2NO2/c1-11(12-6-8-14(20-2)9-7-12)19-13-4-3-5-15(10-13)21-16(17)18/h3-11,16,19H,1-2H3. The number of rotatable bonds is 6. The Bertz CT molecular complexity index is 573. The Morgan fingerprint density at radius 3 is 2.33 bits per heavy atom. The van der Waals surface area contributed by atoms with Crippen LogP contribution in [-0.2, 0) is 0 Å². The monoisotopic (exact) mass is 293 g/mol. The summed E-state index contributed by atoms with van der Waals surface area (Å²) in [5.41, 5.74) is 1.78. The van der Waals surface area contributed by atoms with Crippen LogP contribution in [0.3, 0.4) is 0 Å². The molecule has 0 saturated heterocycles. The van der Waals surface area contributed by atoms with Crippen molar-refractivity contribution in [1.82, 2.24) is 0 Å². The van der Waals surface area contributed by atoms with Gasteiger partial charge in [-0.1, -0.05) is 18.2 Å². The van der Waals surface area contributed by atoms with Gasteiger partial charge in [0.25, 0.3) is 0 Å². The predicted molar refractivity (Wildman–Crippen MR) is 78.1 cm³/mol. The van der Waals surface area contributed by atoms with Crippen molar-refractivity contribution < 1.29 is 18.3 Å². The lowest BCUT2D eigenvalue weighted by Crippen LogP contribution is -2.07. The molecule has 2 aromatic rings. The Balaban J connectivity index is 2.05. The highest BCUT2D eigenvalue weighted by atomic mass is 19.3. The summed E-state index contributed by atoms with van der Waals surface area (Å²) in [5.74, 6) is 0.926. The molecule has 1 unspecified atom stereocenters. The number of benzene rings is 2. The second-order valence-electron chi connectivity index (χ2n) is 4.55. The molecule has 0 aliphatic rings. The van der Waals surface area contributed by atoms with Crippen molar-refractivity contribution in [3.05, 3.63) is 54.1 Å². The van der Waals surface area contributed by atoms with Crippen LogP contribution in [0.1, 0.15) is 18.5 Å². The van der Waals surface area contributed by atoms with Crippen LogP contribution in [0.15, 0.2) is 48.5 Å². The molecule has 112 valence electrons. The first-order valence-electron chi connectivity index (χ1n) is 6.54. The van der Waals surface area contributed by atoms with Gasteiger partial charge in [-0.15, -0.1) is 0 Å². The molecule has 0 aliphatic carbocycles. The zero-order chi connectivity index (χ0) is 15.2. The third-order valence-electron chi connectivity index (χ3n) is 3.06. The smallest absolute Gasteiger partial charge is 0.387 e. The molecule has 2 rings (SSSR count). The van der Waals surface area contributed by atoms with Crippen LogP contribution in [-0.4, -0.2) is 13.7 Å². The van der Waals surface area contributed by atoms with Gasteiger partial charge in [0.15, 0.2) is 0 Å². The first kappa shape index (κ1) is 15.1. The maximum Gasteiger partial charge on any atom is 0.387 e. The lowest BCUT2D eigenvalue weighted by atomic mass is 10.1. The third-order valence-corrected chi connectivity index (χ3v) is 3.06. The van der Waals surface area contributed by atoms with E-state index in [-0.39, 0.29) is 11.8 Å². The number of methoxy groups -OCH3 is 1. The Morgan fingerprint density at radius 1 is 1.00 bits per heavy atom. The summed E-state index contributed by atoms with van der Waals surface area (Å²) in [6.07, 6.45) is 0. The zero-order valence-corrected chi connectivity index (χ0v) is 11.8. The number of hydrogen-bond donors (Lipinski definition) is 1. The van der Waals surface area contributed by atoms with Crippen LogP contribution in [0.25, 0.3) is 0 Å². The van der Waals surface area contributed by atoms with Crippen molar-refractivity contribution >= 4 is 5.69 Å². The highest BCUT2D eigenvalue weighted by molar-refractivity contribution is 5.50. The fourth-order valence-electron chi connectivity index (χ4n) is 1.99. The van der Waals surface area contributed by atoms with Crippen LogP contribution in [0.4, 0.5) is 14.5 Å². The van der Waals surface area contributed by atoms with Crippen LogP contribution in [0, 0.1) is 0 Å². The summed E-state index contributed by atoms with van der Waals surface area (Å²) >= 11 is 0. The van der Waals surface area contributed by atoms with E-state index in [0.29, 0.717) is 0 Å². The molecule has 0 bridgehead atoms. The predicted octanol–water partition coefficient (Wildman–Crippen LogP) is 4.47. The summed E-state index contributed by atoms with van der Waals surface area (Å²) in [5, 5.41) is 3.24. The Hall–Kier alpha value is -2.30. The summed E-state index contributed by atoms with van der Waals surface area (Å²) in [4.78, 5) is 0. The molecule has 0 aromatic heterocycles. The molecule has 0 heterocycles. The van der Waals surface area contributed by atoms with Gasteiger partial charge < -0.3 is 14.8 Å². The highest BCUT2D eigenvalue weighted by Gasteiger charge is 2.08. The summed E-state index contributed by atoms with van der Waals surface area (Å²) in [6.45, 7) is -0.832. The number of nitrogens with one attached hydrogen (secondary N) is 1. The van der Waals surface area contributed by atoms with E-state index in [2.05, 4.69) is 10.1 Å². The van der Waals surface area contributed by atoms with Gasteiger partial charge in [0.2, 0.25) is 0 Å². The van der Waals surface area contributed by atoms with E-state index in [4.69, 9.17) is 4.74 Å². The molecule has 0 spiro atoms. The second kappa shape index (κ2) is 6.92.